The molecule has 0 amide bonds. The second kappa shape index (κ2) is 8.10. The first kappa shape index (κ1) is 22.1. The van der Waals surface area contributed by atoms with Crippen molar-refractivity contribution in [3.63, 3.8) is 0 Å². The van der Waals surface area contributed by atoms with E-state index in [1.807, 2.05) is 0 Å². The smallest absolute Gasteiger partial charge is 0.135 e. The second-order valence-electron chi connectivity index (χ2n) is 9.25. The first-order valence-corrected chi connectivity index (χ1v) is 11.6. The molecule has 4 aromatic rings. The number of ether oxygens (including phenoxy) is 2. The summed E-state index contributed by atoms with van der Waals surface area (Å²) in [6, 6.07) is 19.5. The van der Waals surface area contributed by atoms with Gasteiger partial charge in [0.15, 0.2) is 0 Å². The fourth-order valence-corrected chi connectivity index (χ4v) is 5.76. The third-order valence-electron chi connectivity index (χ3n) is 7.18. The molecular weight excluding hydrogens is 460 g/mol. The molecule has 7 heteroatoms. The molecule has 1 aliphatic heterocycles. The highest BCUT2D eigenvalue weighted by atomic mass is 16.5. The normalized spacial score (nSPS) is 20.3. The Hall–Kier alpha value is -4.36. The van der Waals surface area contributed by atoms with Crippen molar-refractivity contribution in [1.82, 2.24) is 0 Å². The molecule has 1 aliphatic carbocycles. The van der Waals surface area contributed by atoms with Gasteiger partial charge in [-0.3, -0.25) is 0 Å². The Morgan fingerprint density at radius 3 is 1.97 bits per heavy atom. The molecule has 182 valence electrons. The van der Waals surface area contributed by atoms with Gasteiger partial charge in [0.1, 0.15) is 40.6 Å². The van der Waals surface area contributed by atoms with E-state index in [9.17, 15) is 25.5 Å². The molecule has 0 saturated carbocycles. The van der Waals surface area contributed by atoms with Crippen LogP contribution in [-0.4, -0.2) is 32.6 Å². The van der Waals surface area contributed by atoms with Crippen LogP contribution in [0, 0.1) is 0 Å². The molecule has 36 heavy (non-hydrogen) atoms. The van der Waals surface area contributed by atoms with Gasteiger partial charge in [0.05, 0.1) is 12.0 Å². The molecule has 1 heterocycles. The maximum Gasteiger partial charge on any atom is 0.135 e. The van der Waals surface area contributed by atoms with Crippen molar-refractivity contribution in [2.24, 2.45) is 0 Å². The van der Waals surface area contributed by atoms with Crippen molar-refractivity contribution < 1.29 is 35.0 Å². The van der Waals surface area contributed by atoms with Crippen molar-refractivity contribution in [2.45, 2.75) is 24.0 Å². The molecule has 2 aliphatic rings. The molecule has 0 saturated heterocycles. The lowest BCUT2D eigenvalue weighted by atomic mass is 9.67. The Balaban J connectivity index is 1.62. The molecule has 4 atom stereocenters. The molecule has 0 spiro atoms. The van der Waals surface area contributed by atoms with E-state index < -0.39 is 18.1 Å². The number of aromatic hydroxyl groups is 5. The van der Waals surface area contributed by atoms with Crippen molar-refractivity contribution in [3.8, 4) is 34.5 Å². The summed E-state index contributed by atoms with van der Waals surface area (Å²) in [6.45, 7) is 0. The Kier molecular flexibility index (Phi) is 4.98. The number of rotatable bonds is 4. The van der Waals surface area contributed by atoms with Crippen LogP contribution in [0.3, 0.4) is 0 Å². The number of benzene rings is 4. The number of hydrogen-bond acceptors (Lipinski definition) is 7. The van der Waals surface area contributed by atoms with Crippen molar-refractivity contribution in [1.29, 1.82) is 0 Å². The van der Waals surface area contributed by atoms with E-state index in [1.54, 1.807) is 73.8 Å². The summed E-state index contributed by atoms with van der Waals surface area (Å²) in [5, 5.41) is 51.9. The van der Waals surface area contributed by atoms with Gasteiger partial charge < -0.3 is 35.0 Å². The van der Waals surface area contributed by atoms with Crippen LogP contribution in [0.2, 0.25) is 0 Å². The second-order valence-corrected chi connectivity index (χ2v) is 9.25. The molecule has 0 radical (unpaired) electrons. The summed E-state index contributed by atoms with van der Waals surface area (Å²) in [7, 11) is 1.57. The van der Waals surface area contributed by atoms with Crippen LogP contribution in [0.25, 0.3) is 0 Å². The van der Waals surface area contributed by atoms with E-state index in [4.69, 9.17) is 9.47 Å². The zero-order valence-electron chi connectivity index (χ0n) is 19.3. The van der Waals surface area contributed by atoms with Crippen molar-refractivity contribution in [2.75, 3.05) is 7.11 Å². The third kappa shape index (κ3) is 3.31. The van der Waals surface area contributed by atoms with E-state index >= 15 is 0 Å². The highest BCUT2D eigenvalue weighted by Gasteiger charge is 2.48. The molecule has 1 unspecified atom stereocenters. The largest absolute Gasteiger partial charge is 0.508 e. The van der Waals surface area contributed by atoms with Crippen molar-refractivity contribution >= 4 is 0 Å². The van der Waals surface area contributed by atoms with Gasteiger partial charge in [0.2, 0.25) is 0 Å². The van der Waals surface area contributed by atoms with Gasteiger partial charge in [-0.1, -0.05) is 24.3 Å². The van der Waals surface area contributed by atoms with Gasteiger partial charge in [-0.05, 0) is 58.7 Å². The SMILES string of the molecule is CO[C@H](c1ccc(O)cc1)C1c2cc(O)cc3c2[C@H](c2cc(O)cc(O)c21)[C@@H](c1ccc(O)cc1)O3. The maximum atomic E-state index is 11.2. The number of phenolic OH excluding ortho intramolecular Hbond substituents is 5. The summed E-state index contributed by atoms with van der Waals surface area (Å²) in [5.74, 6) is -0.339. The van der Waals surface area contributed by atoms with E-state index in [2.05, 4.69) is 0 Å². The number of hydrogen-bond donors (Lipinski definition) is 5. The topological polar surface area (TPSA) is 120 Å². The number of fused-ring (bicyclic) bond motifs is 2. The van der Waals surface area contributed by atoms with Crippen molar-refractivity contribution in [3.05, 3.63) is 106 Å². The highest BCUT2D eigenvalue weighted by Crippen LogP contribution is 2.62. The number of methoxy groups -OCH3 is 1. The standard InChI is InChI=1S/C29H24O7/c1-35-28(14-2-6-16(30)7-3-14)26-21-11-19(33)13-23-25(21)27(20-10-18(32)12-22(34)24(20)26)29(36-23)15-4-8-17(31)9-5-15/h2-13,26-34H,1H3/t26?,27-,28+,29+/m0/s1. The third-order valence-corrected chi connectivity index (χ3v) is 7.18. The van der Waals surface area contributed by atoms with Crippen LogP contribution in [0.1, 0.15) is 57.4 Å². The molecule has 0 fully saturated rings. The Bertz CT molecular complexity index is 1460. The van der Waals surface area contributed by atoms with Gasteiger partial charge in [-0.15, -0.1) is 0 Å². The average molecular weight is 485 g/mol. The minimum absolute atomic E-state index is 0.0149. The fraction of sp³-hybridized carbons (Fsp3) is 0.172. The van der Waals surface area contributed by atoms with Crippen LogP contribution in [-0.2, 0) is 4.74 Å². The van der Waals surface area contributed by atoms with E-state index in [1.165, 1.54) is 6.07 Å². The van der Waals surface area contributed by atoms with E-state index in [-0.39, 0.29) is 34.7 Å². The molecule has 4 aromatic carbocycles. The monoisotopic (exact) mass is 484 g/mol. The van der Waals surface area contributed by atoms with Crippen LogP contribution in [0.15, 0.2) is 72.8 Å². The predicted molar refractivity (Wildman–Crippen MR) is 131 cm³/mol. The lowest BCUT2D eigenvalue weighted by molar-refractivity contribution is 0.0868. The summed E-state index contributed by atoms with van der Waals surface area (Å²) in [4.78, 5) is 0. The Labute approximate surface area is 207 Å². The summed E-state index contributed by atoms with van der Waals surface area (Å²) in [6.07, 6.45) is -1.10. The fourth-order valence-electron chi connectivity index (χ4n) is 5.76. The Morgan fingerprint density at radius 2 is 1.31 bits per heavy atom. The zero-order chi connectivity index (χ0) is 25.1. The predicted octanol–water partition coefficient (Wildman–Crippen LogP) is 5.31. The first-order chi connectivity index (χ1) is 17.4. The van der Waals surface area contributed by atoms with Crippen LogP contribution in [0.5, 0.6) is 34.5 Å². The average Bonchev–Trinajstić information content (AvgIpc) is 3.23. The van der Waals surface area contributed by atoms with Gasteiger partial charge in [-0.25, -0.2) is 0 Å². The molecule has 7 nitrogen and oxygen atoms in total. The summed E-state index contributed by atoms with van der Waals surface area (Å²) >= 11 is 0. The molecule has 0 bridgehead atoms. The van der Waals surface area contributed by atoms with E-state index in [0.717, 1.165) is 22.3 Å². The van der Waals surface area contributed by atoms with Crippen LogP contribution in [0.4, 0.5) is 0 Å². The Morgan fingerprint density at radius 1 is 0.694 bits per heavy atom. The molecule has 0 aromatic heterocycles. The quantitative estimate of drug-likeness (QED) is 0.266. The maximum absolute atomic E-state index is 11.2. The highest BCUT2D eigenvalue weighted by molar-refractivity contribution is 5.67. The van der Waals surface area contributed by atoms with E-state index in [0.29, 0.717) is 16.9 Å². The van der Waals surface area contributed by atoms with Gasteiger partial charge in [0.25, 0.3) is 0 Å². The molecule has 5 N–H and O–H groups in total. The first-order valence-electron chi connectivity index (χ1n) is 11.6. The molecular formula is C29H24O7. The van der Waals surface area contributed by atoms with Gasteiger partial charge in [-0.2, -0.15) is 0 Å². The van der Waals surface area contributed by atoms with Crippen LogP contribution < -0.4 is 4.74 Å². The minimum Gasteiger partial charge on any atom is -0.508 e. The zero-order valence-corrected chi connectivity index (χ0v) is 19.3. The minimum atomic E-state index is -0.584. The lowest BCUT2D eigenvalue weighted by Gasteiger charge is -2.37. The van der Waals surface area contributed by atoms with Crippen LogP contribution >= 0.6 is 0 Å². The summed E-state index contributed by atoms with van der Waals surface area (Å²) in [5.41, 5.74) is 4.40. The van der Waals surface area contributed by atoms with Gasteiger partial charge >= 0.3 is 0 Å². The number of phenols is 5. The summed E-state index contributed by atoms with van der Waals surface area (Å²) < 4.78 is 12.3. The molecule has 6 rings (SSSR count). The van der Waals surface area contributed by atoms with Gasteiger partial charge in [0, 0.05) is 36.3 Å². The lowest BCUT2D eigenvalue weighted by Crippen LogP contribution is -2.25.